The van der Waals surface area contributed by atoms with Gasteiger partial charge < -0.3 is 19.3 Å². The molecule has 6 heteroatoms. The number of amides is 1. The van der Waals surface area contributed by atoms with Crippen molar-refractivity contribution in [3.63, 3.8) is 0 Å². The zero-order chi connectivity index (χ0) is 15.7. The Hall–Kier alpha value is -1.66. The lowest BCUT2D eigenvalue weighted by Gasteiger charge is -2.26. The van der Waals surface area contributed by atoms with Gasteiger partial charge in [-0.05, 0) is 32.4 Å². The van der Waals surface area contributed by atoms with Gasteiger partial charge in [-0.25, -0.2) is 0 Å². The van der Waals surface area contributed by atoms with Crippen molar-refractivity contribution in [2.45, 2.75) is 39.5 Å². The van der Waals surface area contributed by atoms with Gasteiger partial charge in [0.1, 0.15) is 5.56 Å². The van der Waals surface area contributed by atoms with Crippen LogP contribution in [0.1, 0.15) is 28.5 Å². The first-order valence-corrected chi connectivity index (χ1v) is 7.12. The number of ether oxygens (including phenoxy) is 1. The lowest BCUT2D eigenvalue weighted by molar-refractivity contribution is 0.0578. The summed E-state index contributed by atoms with van der Waals surface area (Å²) in [5.74, 6) is -0.366. The van der Waals surface area contributed by atoms with E-state index in [2.05, 4.69) is 0 Å². The van der Waals surface area contributed by atoms with Crippen LogP contribution < -0.4 is 5.56 Å². The van der Waals surface area contributed by atoms with Gasteiger partial charge in [0, 0.05) is 19.3 Å². The van der Waals surface area contributed by atoms with Crippen molar-refractivity contribution < 1.29 is 14.6 Å². The molecule has 0 spiro atoms. The van der Waals surface area contributed by atoms with Crippen LogP contribution in [0, 0.1) is 13.8 Å². The molecule has 1 aliphatic rings. The van der Waals surface area contributed by atoms with Crippen LogP contribution in [0.3, 0.4) is 0 Å². The molecule has 0 aromatic carbocycles. The van der Waals surface area contributed by atoms with Crippen LogP contribution in [0.25, 0.3) is 0 Å². The van der Waals surface area contributed by atoms with E-state index < -0.39 is 12.1 Å². The Morgan fingerprint density at radius 1 is 1.48 bits per heavy atom. The quantitative estimate of drug-likeness (QED) is 0.871. The molecule has 1 aromatic rings. The van der Waals surface area contributed by atoms with Crippen LogP contribution in [-0.4, -0.2) is 52.9 Å². The number of hydrogen-bond acceptors (Lipinski definition) is 4. The van der Waals surface area contributed by atoms with Crippen LogP contribution in [0.4, 0.5) is 0 Å². The first-order chi connectivity index (χ1) is 9.88. The predicted molar refractivity (Wildman–Crippen MR) is 78.6 cm³/mol. The standard InChI is InChI=1S/C15H22N2O4/c1-5-17-10(3)6-9(2)13(15(17)20)14(19)16(4)11-7-21-8-12(11)18/h6,11-12,18H,5,7-8H2,1-4H3/t11-,12-/m0/s1. The lowest BCUT2D eigenvalue weighted by Crippen LogP contribution is -2.46. The maximum absolute atomic E-state index is 12.6. The van der Waals surface area contributed by atoms with Crippen molar-refractivity contribution in [3.05, 3.63) is 33.2 Å². The monoisotopic (exact) mass is 294 g/mol. The number of aliphatic hydroxyl groups excluding tert-OH is 1. The molecule has 6 nitrogen and oxygen atoms in total. The largest absolute Gasteiger partial charge is 0.388 e. The van der Waals surface area contributed by atoms with Crippen molar-refractivity contribution in [2.75, 3.05) is 20.3 Å². The van der Waals surface area contributed by atoms with Gasteiger partial charge in [-0.15, -0.1) is 0 Å². The maximum atomic E-state index is 12.6. The highest BCUT2D eigenvalue weighted by atomic mass is 16.5. The van der Waals surface area contributed by atoms with Crippen molar-refractivity contribution in [3.8, 4) is 0 Å². The van der Waals surface area contributed by atoms with Gasteiger partial charge in [0.05, 0.1) is 25.4 Å². The van der Waals surface area contributed by atoms with Crippen LogP contribution in [0.2, 0.25) is 0 Å². The molecule has 2 atom stereocenters. The first kappa shape index (κ1) is 15.7. The highest BCUT2D eigenvalue weighted by Gasteiger charge is 2.34. The third-order valence-corrected chi connectivity index (χ3v) is 4.07. The van der Waals surface area contributed by atoms with Gasteiger partial charge in [0.2, 0.25) is 0 Å². The molecule has 0 unspecified atom stereocenters. The molecule has 1 saturated heterocycles. The molecular formula is C15H22N2O4. The second kappa shape index (κ2) is 5.99. The van der Waals surface area contributed by atoms with Crippen molar-refractivity contribution in [1.29, 1.82) is 0 Å². The van der Waals surface area contributed by atoms with Gasteiger partial charge >= 0.3 is 0 Å². The second-order valence-corrected chi connectivity index (χ2v) is 5.48. The Labute approximate surface area is 123 Å². The topological polar surface area (TPSA) is 71.8 Å². The summed E-state index contributed by atoms with van der Waals surface area (Å²) in [6.07, 6.45) is -0.710. The zero-order valence-corrected chi connectivity index (χ0v) is 12.9. The normalized spacial score (nSPS) is 21.6. The first-order valence-electron chi connectivity index (χ1n) is 7.12. The van der Waals surface area contributed by atoms with E-state index in [1.54, 1.807) is 18.5 Å². The average molecular weight is 294 g/mol. The minimum absolute atomic E-state index is 0.170. The highest BCUT2D eigenvalue weighted by molar-refractivity contribution is 5.95. The molecule has 0 aliphatic carbocycles. The third kappa shape index (κ3) is 2.73. The number of aromatic nitrogens is 1. The number of aryl methyl sites for hydroxylation is 2. The molecule has 1 N–H and O–H groups in total. The van der Waals surface area contributed by atoms with Crippen molar-refractivity contribution in [1.82, 2.24) is 9.47 Å². The molecule has 1 aromatic heterocycles. The van der Waals surface area contributed by atoms with E-state index in [0.29, 0.717) is 12.1 Å². The number of rotatable bonds is 3. The van der Waals surface area contributed by atoms with Crippen LogP contribution in [0.15, 0.2) is 10.9 Å². The summed E-state index contributed by atoms with van der Waals surface area (Å²) < 4.78 is 6.75. The van der Waals surface area contributed by atoms with Crippen LogP contribution in [0.5, 0.6) is 0 Å². The Bertz CT molecular complexity index is 608. The molecule has 2 rings (SSSR count). The Morgan fingerprint density at radius 3 is 2.67 bits per heavy atom. The molecular weight excluding hydrogens is 272 g/mol. The van der Waals surface area contributed by atoms with E-state index in [-0.39, 0.29) is 30.2 Å². The Kier molecular flexibility index (Phi) is 4.49. The molecule has 1 amide bonds. The molecule has 0 saturated carbocycles. The van der Waals surface area contributed by atoms with E-state index in [1.165, 1.54) is 4.90 Å². The molecule has 0 bridgehead atoms. The molecule has 2 heterocycles. The number of hydrogen-bond donors (Lipinski definition) is 1. The number of aliphatic hydroxyl groups is 1. The minimum atomic E-state index is -0.710. The molecule has 0 radical (unpaired) electrons. The van der Waals surface area contributed by atoms with Crippen molar-refractivity contribution >= 4 is 5.91 Å². The van der Waals surface area contributed by atoms with Gasteiger partial charge in [-0.3, -0.25) is 9.59 Å². The zero-order valence-electron chi connectivity index (χ0n) is 12.9. The van der Waals surface area contributed by atoms with E-state index in [1.807, 2.05) is 19.9 Å². The summed E-state index contributed by atoms with van der Waals surface area (Å²) >= 11 is 0. The number of carbonyl (C=O) groups is 1. The minimum Gasteiger partial charge on any atom is -0.388 e. The summed E-state index contributed by atoms with van der Waals surface area (Å²) in [7, 11) is 1.60. The third-order valence-electron chi connectivity index (χ3n) is 4.07. The highest BCUT2D eigenvalue weighted by Crippen LogP contribution is 2.16. The van der Waals surface area contributed by atoms with E-state index in [9.17, 15) is 14.7 Å². The van der Waals surface area contributed by atoms with Gasteiger partial charge in [0.15, 0.2) is 0 Å². The maximum Gasteiger partial charge on any atom is 0.263 e. The number of pyridine rings is 1. The fraction of sp³-hybridized carbons (Fsp3) is 0.600. The van der Waals surface area contributed by atoms with Gasteiger partial charge in [0.25, 0.3) is 11.5 Å². The summed E-state index contributed by atoms with van der Waals surface area (Å²) in [6.45, 7) is 6.51. The fourth-order valence-electron chi connectivity index (χ4n) is 2.81. The van der Waals surface area contributed by atoms with E-state index in [4.69, 9.17) is 4.74 Å². The molecule has 21 heavy (non-hydrogen) atoms. The number of nitrogens with zero attached hydrogens (tertiary/aromatic N) is 2. The summed E-state index contributed by atoms with van der Waals surface area (Å²) in [4.78, 5) is 26.6. The number of carbonyl (C=O) groups excluding carboxylic acids is 1. The SMILES string of the molecule is CCn1c(C)cc(C)c(C(=O)N(C)[C@H]2COC[C@@H]2O)c1=O. The van der Waals surface area contributed by atoms with E-state index >= 15 is 0 Å². The Balaban J connectivity index is 2.42. The fourth-order valence-corrected chi connectivity index (χ4v) is 2.81. The molecule has 1 fully saturated rings. The van der Waals surface area contributed by atoms with Gasteiger partial charge in [-0.1, -0.05) is 0 Å². The number of likely N-dealkylation sites (N-methyl/N-ethyl adjacent to an activating group) is 1. The average Bonchev–Trinajstić information content (AvgIpc) is 2.83. The smallest absolute Gasteiger partial charge is 0.263 e. The molecule has 1 aliphatic heterocycles. The van der Waals surface area contributed by atoms with Crippen LogP contribution in [-0.2, 0) is 11.3 Å². The van der Waals surface area contributed by atoms with Crippen LogP contribution >= 0.6 is 0 Å². The summed E-state index contributed by atoms with van der Waals surface area (Å²) in [6, 6.07) is 1.43. The molecule has 116 valence electrons. The van der Waals surface area contributed by atoms with Gasteiger partial charge in [-0.2, -0.15) is 0 Å². The van der Waals surface area contributed by atoms with E-state index in [0.717, 1.165) is 5.69 Å². The lowest BCUT2D eigenvalue weighted by atomic mass is 10.1. The Morgan fingerprint density at radius 2 is 2.14 bits per heavy atom. The predicted octanol–water partition coefficient (Wildman–Crippen LogP) is 0.317. The van der Waals surface area contributed by atoms with Crippen molar-refractivity contribution in [2.24, 2.45) is 0 Å². The second-order valence-electron chi connectivity index (χ2n) is 5.48. The summed E-state index contributed by atoms with van der Waals surface area (Å²) in [5, 5.41) is 9.84. The summed E-state index contributed by atoms with van der Waals surface area (Å²) in [5.41, 5.74) is 1.39.